The van der Waals surface area contributed by atoms with E-state index < -0.39 is 47.6 Å². The Labute approximate surface area is 181 Å². The van der Waals surface area contributed by atoms with Crippen LogP contribution in [0, 0.1) is 17.8 Å². The zero-order chi connectivity index (χ0) is 23.0. The molecular formula is C20H37F3N6O2. The fraction of sp³-hybridized carbons (Fsp3) is 0.950. The van der Waals surface area contributed by atoms with Crippen molar-refractivity contribution in [2.45, 2.75) is 82.3 Å². The van der Waals surface area contributed by atoms with Gasteiger partial charge >= 0.3 is 6.18 Å². The van der Waals surface area contributed by atoms with E-state index >= 15 is 0 Å². The van der Waals surface area contributed by atoms with Gasteiger partial charge in [0.1, 0.15) is 6.29 Å². The first-order chi connectivity index (χ1) is 14.3. The van der Waals surface area contributed by atoms with Gasteiger partial charge in [-0.15, -0.1) is 0 Å². The molecule has 3 rings (SSSR count). The number of rotatable bonds is 5. The minimum Gasteiger partial charge on any atom is -0.390 e. The van der Waals surface area contributed by atoms with Gasteiger partial charge in [0, 0.05) is 31.7 Å². The maximum Gasteiger partial charge on any atom is 0.391 e. The van der Waals surface area contributed by atoms with Crippen molar-refractivity contribution in [2.75, 3.05) is 19.6 Å². The summed E-state index contributed by atoms with van der Waals surface area (Å²) in [5.74, 6) is -3.13. The molecule has 1 aliphatic carbocycles. The quantitative estimate of drug-likeness (QED) is 0.348. The predicted octanol–water partition coefficient (Wildman–Crippen LogP) is 0.0212. The molecule has 6 unspecified atom stereocenters. The van der Waals surface area contributed by atoms with Gasteiger partial charge in [0.05, 0.1) is 23.6 Å². The Morgan fingerprint density at radius 3 is 2.45 bits per heavy atom. The van der Waals surface area contributed by atoms with Gasteiger partial charge in [-0.2, -0.15) is 13.2 Å². The molecule has 0 radical (unpaired) electrons. The number of carbonyl (C=O) groups excluding carboxylic acids is 1. The van der Waals surface area contributed by atoms with Crippen LogP contribution < -0.4 is 27.4 Å². The van der Waals surface area contributed by atoms with E-state index in [0.717, 1.165) is 19.4 Å². The largest absolute Gasteiger partial charge is 0.391 e. The first kappa shape index (κ1) is 24.7. The summed E-state index contributed by atoms with van der Waals surface area (Å²) in [6.07, 6.45) is -3.03. The summed E-state index contributed by atoms with van der Waals surface area (Å²) in [6, 6.07) is -0.436. The number of nitrogens with zero attached hydrogens (tertiary/aromatic N) is 1. The van der Waals surface area contributed by atoms with Gasteiger partial charge in [-0.25, -0.2) is 0 Å². The number of likely N-dealkylation sites (tertiary alicyclic amines) is 1. The number of alkyl halides is 3. The number of piperidine rings is 1. The minimum atomic E-state index is -4.33. The molecule has 0 spiro atoms. The number of aliphatic hydroxyl groups is 1. The molecule has 8 nitrogen and oxygen atoms in total. The zero-order valence-electron chi connectivity index (χ0n) is 18.3. The summed E-state index contributed by atoms with van der Waals surface area (Å²) in [6.45, 7) is 4.96. The van der Waals surface area contributed by atoms with Gasteiger partial charge in [0.2, 0.25) is 5.91 Å². The summed E-state index contributed by atoms with van der Waals surface area (Å²) in [5.41, 5.74) is 10.5. The molecule has 7 atom stereocenters. The molecule has 0 aromatic heterocycles. The van der Waals surface area contributed by atoms with Crippen molar-refractivity contribution in [1.29, 1.82) is 0 Å². The second-order valence-corrected chi connectivity index (χ2v) is 10.0. The molecule has 11 heteroatoms. The second kappa shape index (κ2) is 9.48. The van der Waals surface area contributed by atoms with Crippen LogP contribution in [0.3, 0.4) is 0 Å². The Hall–Kier alpha value is -0.980. The van der Waals surface area contributed by atoms with Crippen molar-refractivity contribution in [1.82, 2.24) is 20.9 Å². The Balaban J connectivity index is 1.73. The van der Waals surface area contributed by atoms with Crippen LogP contribution in [0.5, 0.6) is 0 Å². The number of hydrogen-bond acceptors (Lipinski definition) is 7. The van der Waals surface area contributed by atoms with Gasteiger partial charge < -0.3 is 16.6 Å². The van der Waals surface area contributed by atoms with Crippen molar-refractivity contribution in [2.24, 2.45) is 29.2 Å². The molecule has 180 valence electrons. The predicted molar refractivity (Wildman–Crippen MR) is 110 cm³/mol. The molecule has 1 amide bonds. The Kier molecular flexibility index (Phi) is 7.54. The second-order valence-electron chi connectivity index (χ2n) is 10.0. The summed E-state index contributed by atoms with van der Waals surface area (Å²) in [5, 5.41) is 20.3. The van der Waals surface area contributed by atoms with Crippen LogP contribution in [0.2, 0.25) is 0 Å². The van der Waals surface area contributed by atoms with Gasteiger partial charge in [0.15, 0.2) is 0 Å². The lowest BCUT2D eigenvalue weighted by Gasteiger charge is -2.47. The number of primary amides is 1. The maximum atomic E-state index is 13.6. The third-order valence-electron chi connectivity index (χ3n) is 7.08. The van der Waals surface area contributed by atoms with E-state index in [1.807, 2.05) is 0 Å². The molecule has 31 heavy (non-hydrogen) atoms. The van der Waals surface area contributed by atoms with Crippen LogP contribution in [-0.4, -0.2) is 71.9 Å². The number of hydrogen-bond donors (Lipinski definition) is 6. The minimum absolute atomic E-state index is 0.0658. The molecule has 2 aliphatic heterocycles. The molecule has 0 bridgehead atoms. The van der Waals surface area contributed by atoms with Crippen LogP contribution in [0.1, 0.15) is 46.0 Å². The van der Waals surface area contributed by atoms with E-state index in [-0.39, 0.29) is 25.2 Å². The average molecular weight is 451 g/mol. The first-order valence-electron chi connectivity index (χ1n) is 11.2. The highest BCUT2D eigenvalue weighted by Gasteiger charge is 2.48. The van der Waals surface area contributed by atoms with E-state index in [1.165, 1.54) is 0 Å². The molecule has 3 aliphatic rings. The van der Waals surface area contributed by atoms with E-state index in [9.17, 15) is 23.1 Å². The Bertz CT molecular complexity index is 607. The lowest BCUT2D eigenvalue weighted by atomic mass is 9.71. The van der Waals surface area contributed by atoms with Crippen LogP contribution in [0.25, 0.3) is 0 Å². The number of amides is 1. The maximum absolute atomic E-state index is 13.6. The fourth-order valence-corrected chi connectivity index (χ4v) is 5.19. The topological polar surface area (TPSA) is 129 Å². The summed E-state index contributed by atoms with van der Waals surface area (Å²) < 4.78 is 40.7. The summed E-state index contributed by atoms with van der Waals surface area (Å²) >= 11 is 0. The average Bonchev–Trinajstić information content (AvgIpc) is 2.66. The SMILES string of the molecule is CC(C)(O)C1CC(NC2NC(N3CCC[C@H](N)C3)NCC2C(N)=O)CC(C(F)(F)F)C1. The van der Waals surface area contributed by atoms with Gasteiger partial charge in [-0.3, -0.25) is 25.6 Å². The lowest BCUT2D eigenvalue weighted by Crippen LogP contribution is -2.72. The number of halogens is 3. The number of nitrogens with two attached hydrogens (primary N) is 2. The van der Waals surface area contributed by atoms with Gasteiger partial charge in [0.25, 0.3) is 0 Å². The van der Waals surface area contributed by atoms with Crippen molar-refractivity contribution >= 4 is 5.91 Å². The fourth-order valence-electron chi connectivity index (χ4n) is 5.19. The monoisotopic (exact) mass is 450 g/mol. The number of nitrogens with one attached hydrogen (secondary N) is 3. The molecule has 1 saturated carbocycles. The van der Waals surface area contributed by atoms with E-state index in [1.54, 1.807) is 13.8 Å². The van der Waals surface area contributed by atoms with Crippen LogP contribution in [0.15, 0.2) is 0 Å². The highest BCUT2D eigenvalue weighted by atomic mass is 19.4. The van der Waals surface area contributed by atoms with Crippen LogP contribution in [-0.2, 0) is 4.79 Å². The van der Waals surface area contributed by atoms with E-state index in [0.29, 0.717) is 19.5 Å². The van der Waals surface area contributed by atoms with Crippen molar-refractivity contribution in [3.63, 3.8) is 0 Å². The third kappa shape index (κ3) is 6.29. The molecule has 0 aromatic carbocycles. The zero-order valence-corrected chi connectivity index (χ0v) is 18.3. The van der Waals surface area contributed by atoms with Crippen molar-refractivity contribution < 1.29 is 23.1 Å². The highest BCUT2D eigenvalue weighted by Crippen LogP contribution is 2.43. The van der Waals surface area contributed by atoms with Crippen molar-refractivity contribution in [3.05, 3.63) is 0 Å². The third-order valence-corrected chi connectivity index (χ3v) is 7.08. The molecule has 2 heterocycles. The normalized spacial score (nSPS) is 38.7. The lowest BCUT2D eigenvalue weighted by molar-refractivity contribution is -0.195. The van der Waals surface area contributed by atoms with Gasteiger partial charge in [-0.1, -0.05) is 0 Å². The van der Waals surface area contributed by atoms with E-state index in [4.69, 9.17) is 11.5 Å². The molecule has 8 N–H and O–H groups in total. The van der Waals surface area contributed by atoms with Crippen molar-refractivity contribution in [3.8, 4) is 0 Å². The summed E-state index contributed by atoms with van der Waals surface area (Å²) in [7, 11) is 0. The first-order valence-corrected chi connectivity index (χ1v) is 11.2. The molecule has 2 saturated heterocycles. The Morgan fingerprint density at radius 2 is 1.87 bits per heavy atom. The molecule has 0 aromatic rings. The number of carbonyl (C=O) groups is 1. The molecular weight excluding hydrogens is 413 g/mol. The van der Waals surface area contributed by atoms with Crippen LogP contribution >= 0.6 is 0 Å². The summed E-state index contributed by atoms with van der Waals surface area (Å²) in [4.78, 5) is 14.2. The van der Waals surface area contributed by atoms with E-state index in [2.05, 4.69) is 20.9 Å². The Morgan fingerprint density at radius 1 is 1.19 bits per heavy atom. The van der Waals surface area contributed by atoms with Crippen LogP contribution in [0.4, 0.5) is 13.2 Å². The molecule has 3 fully saturated rings. The smallest absolute Gasteiger partial charge is 0.390 e. The van der Waals surface area contributed by atoms with Gasteiger partial charge in [-0.05, 0) is 51.9 Å². The highest BCUT2D eigenvalue weighted by molar-refractivity contribution is 5.77. The standard InChI is InChI=1S/C20H37F3N6O2/c1-19(2,31)11-6-12(20(21,22)23)8-14(7-11)27-17-15(16(25)30)9-26-18(28-17)29-5-3-4-13(24)10-29/h11-15,17-18,26-28,31H,3-10,24H2,1-2H3,(H2,25,30)/t11?,12?,13-,14?,15?,17?,18?/m0/s1.